The fourth-order valence-corrected chi connectivity index (χ4v) is 1.61. The van der Waals surface area contributed by atoms with Crippen molar-refractivity contribution in [2.75, 3.05) is 20.2 Å². The largest absolute Gasteiger partial charge is 0.494 e. The molecule has 0 spiro atoms. The first-order valence-corrected chi connectivity index (χ1v) is 6.87. The van der Waals surface area contributed by atoms with Gasteiger partial charge < -0.3 is 15.4 Å². The molecule has 5 heteroatoms. The van der Waals surface area contributed by atoms with Gasteiger partial charge in [-0.05, 0) is 38.8 Å². The number of ether oxygens (including phenoxy) is 1. The third-order valence-electron chi connectivity index (χ3n) is 2.52. The fourth-order valence-electron chi connectivity index (χ4n) is 1.61. The van der Waals surface area contributed by atoms with Crippen molar-refractivity contribution in [3.05, 3.63) is 30.3 Å². The molecule has 114 valence electrons. The van der Waals surface area contributed by atoms with Crippen LogP contribution in [-0.4, -0.2) is 32.2 Å². The van der Waals surface area contributed by atoms with Crippen LogP contribution < -0.4 is 15.4 Å². The Labute approximate surface area is 139 Å². The average Bonchev–Trinajstić information content (AvgIpc) is 2.42. The van der Waals surface area contributed by atoms with Crippen LogP contribution in [-0.2, 0) is 0 Å². The molecule has 0 amide bonds. The third kappa shape index (κ3) is 9.01. The van der Waals surface area contributed by atoms with Gasteiger partial charge in [0.25, 0.3) is 0 Å². The second-order valence-corrected chi connectivity index (χ2v) is 4.67. The smallest absolute Gasteiger partial charge is 0.191 e. The molecule has 1 aromatic rings. The van der Waals surface area contributed by atoms with Crippen molar-refractivity contribution in [2.45, 2.75) is 32.7 Å². The molecule has 0 unspecified atom stereocenters. The van der Waals surface area contributed by atoms with Gasteiger partial charge in [0.15, 0.2) is 5.96 Å². The lowest BCUT2D eigenvalue weighted by molar-refractivity contribution is 0.307. The minimum absolute atomic E-state index is 0. The molecule has 1 aromatic carbocycles. The molecule has 1 rings (SSSR count). The quantitative estimate of drug-likeness (QED) is 0.325. The van der Waals surface area contributed by atoms with Gasteiger partial charge in [-0.3, -0.25) is 4.99 Å². The van der Waals surface area contributed by atoms with Gasteiger partial charge in [-0.15, -0.1) is 24.0 Å². The van der Waals surface area contributed by atoms with E-state index in [4.69, 9.17) is 4.74 Å². The Morgan fingerprint density at radius 2 is 1.90 bits per heavy atom. The predicted molar refractivity (Wildman–Crippen MR) is 96.2 cm³/mol. The Kier molecular flexibility index (Phi) is 11.2. The minimum Gasteiger partial charge on any atom is -0.494 e. The summed E-state index contributed by atoms with van der Waals surface area (Å²) in [7, 11) is 1.79. The van der Waals surface area contributed by atoms with Crippen LogP contribution in [0.5, 0.6) is 5.75 Å². The maximum absolute atomic E-state index is 5.63. The number of guanidine groups is 1. The number of halogens is 1. The van der Waals surface area contributed by atoms with Crippen molar-refractivity contribution < 1.29 is 4.74 Å². The van der Waals surface area contributed by atoms with E-state index in [0.29, 0.717) is 6.04 Å². The standard InChI is InChI=1S/C15H25N3O.HI/c1-13(2)18-15(16-3)17-11-7-8-12-19-14-9-5-4-6-10-14;/h4-6,9-10,13H,7-8,11-12H2,1-3H3,(H2,16,17,18);1H. The molecule has 0 aliphatic rings. The van der Waals surface area contributed by atoms with E-state index in [1.807, 2.05) is 30.3 Å². The zero-order valence-electron chi connectivity index (χ0n) is 12.6. The van der Waals surface area contributed by atoms with Crippen LogP contribution in [0.4, 0.5) is 0 Å². The number of rotatable bonds is 7. The van der Waals surface area contributed by atoms with Gasteiger partial charge >= 0.3 is 0 Å². The van der Waals surface area contributed by atoms with Gasteiger partial charge in [0.05, 0.1) is 6.61 Å². The summed E-state index contributed by atoms with van der Waals surface area (Å²) in [4.78, 5) is 4.16. The summed E-state index contributed by atoms with van der Waals surface area (Å²) in [5, 5.41) is 6.54. The van der Waals surface area contributed by atoms with Gasteiger partial charge in [-0.2, -0.15) is 0 Å². The van der Waals surface area contributed by atoms with Gasteiger partial charge in [-0.25, -0.2) is 0 Å². The Morgan fingerprint density at radius 1 is 1.20 bits per heavy atom. The Hall–Kier alpha value is -0.980. The van der Waals surface area contributed by atoms with E-state index in [1.165, 1.54) is 0 Å². The summed E-state index contributed by atoms with van der Waals surface area (Å²) in [6, 6.07) is 10.3. The molecule has 0 aliphatic carbocycles. The molecule has 0 saturated heterocycles. The molecule has 2 N–H and O–H groups in total. The van der Waals surface area contributed by atoms with Crippen molar-refractivity contribution in [1.82, 2.24) is 10.6 Å². The van der Waals surface area contributed by atoms with Gasteiger partial charge in [-0.1, -0.05) is 18.2 Å². The highest BCUT2D eigenvalue weighted by atomic mass is 127. The first-order valence-electron chi connectivity index (χ1n) is 6.87. The maximum atomic E-state index is 5.63. The number of unbranched alkanes of at least 4 members (excludes halogenated alkanes) is 1. The zero-order chi connectivity index (χ0) is 13.9. The molecular formula is C15H26IN3O. The van der Waals surface area contributed by atoms with Crippen LogP contribution in [0.3, 0.4) is 0 Å². The van der Waals surface area contributed by atoms with Gasteiger partial charge in [0.2, 0.25) is 0 Å². The molecular weight excluding hydrogens is 365 g/mol. The van der Waals surface area contributed by atoms with Crippen LogP contribution >= 0.6 is 24.0 Å². The second kappa shape index (κ2) is 11.8. The van der Waals surface area contributed by atoms with Gasteiger partial charge in [0, 0.05) is 19.6 Å². The first kappa shape index (κ1) is 19.0. The van der Waals surface area contributed by atoms with E-state index in [0.717, 1.165) is 37.7 Å². The lowest BCUT2D eigenvalue weighted by Crippen LogP contribution is -2.41. The van der Waals surface area contributed by atoms with E-state index >= 15 is 0 Å². The number of hydrogen-bond acceptors (Lipinski definition) is 2. The van der Waals surface area contributed by atoms with Crippen LogP contribution in [0.1, 0.15) is 26.7 Å². The molecule has 0 fully saturated rings. The van der Waals surface area contributed by atoms with Crippen molar-refractivity contribution in [3.8, 4) is 5.75 Å². The summed E-state index contributed by atoms with van der Waals surface area (Å²) < 4.78 is 5.63. The van der Waals surface area contributed by atoms with Crippen LogP contribution in [0.15, 0.2) is 35.3 Å². The number of benzene rings is 1. The van der Waals surface area contributed by atoms with E-state index in [9.17, 15) is 0 Å². The van der Waals surface area contributed by atoms with Crippen LogP contribution in [0.25, 0.3) is 0 Å². The molecule has 0 atom stereocenters. The molecule has 0 aromatic heterocycles. The highest BCUT2D eigenvalue weighted by Gasteiger charge is 1.98. The summed E-state index contributed by atoms with van der Waals surface area (Å²) in [5.41, 5.74) is 0. The highest BCUT2D eigenvalue weighted by Crippen LogP contribution is 2.08. The maximum Gasteiger partial charge on any atom is 0.191 e. The van der Waals surface area contributed by atoms with E-state index in [-0.39, 0.29) is 24.0 Å². The lowest BCUT2D eigenvalue weighted by Gasteiger charge is -2.14. The molecule has 20 heavy (non-hydrogen) atoms. The average molecular weight is 391 g/mol. The molecule has 0 bridgehead atoms. The number of para-hydroxylation sites is 1. The molecule has 4 nitrogen and oxygen atoms in total. The molecule has 0 radical (unpaired) electrons. The second-order valence-electron chi connectivity index (χ2n) is 4.67. The Bertz CT molecular complexity index is 369. The van der Waals surface area contributed by atoms with Crippen molar-refractivity contribution >= 4 is 29.9 Å². The molecule has 0 aliphatic heterocycles. The zero-order valence-corrected chi connectivity index (χ0v) is 14.9. The summed E-state index contributed by atoms with van der Waals surface area (Å²) >= 11 is 0. The highest BCUT2D eigenvalue weighted by molar-refractivity contribution is 14.0. The number of hydrogen-bond donors (Lipinski definition) is 2. The van der Waals surface area contributed by atoms with E-state index < -0.39 is 0 Å². The number of nitrogens with zero attached hydrogens (tertiary/aromatic N) is 1. The fraction of sp³-hybridized carbons (Fsp3) is 0.533. The summed E-state index contributed by atoms with van der Waals surface area (Å²) in [6.07, 6.45) is 2.09. The van der Waals surface area contributed by atoms with E-state index in [2.05, 4.69) is 29.5 Å². The van der Waals surface area contributed by atoms with Gasteiger partial charge in [0.1, 0.15) is 5.75 Å². The minimum atomic E-state index is 0. The SMILES string of the molecule is CN=C(NCCCCOc1ccccc1)NC(C)C.I. The number of nitrogens with one attached hydrogen (secondary N) is 2. The Morgan fingerprint density at radius 3 is 2.50 bits per heavy atom. The normalized spacial score (nSPS) is 10.9. The van der Waals surface area contributed by atoms with Crippen LogP contribution in [0.2, 0.25) is 0 Å². The predicted octanol–water partition coefficient (Wildman–Crippen LogP) is 3.04. The topological polar surface area (TPSA) is 45.7 Å². The van der Waals surface area contributed by atoms with Crippen LogP contribution in [0, 0.1) is 0 Å². The van der Waals surface area contributed by atoms with Crippen molar-refractivity contribution in [1.29, 1.82) is 0 Å². The summed E-state index contributed by atoms with van der Waals surface area (Å²) in [6.45, 7) is 5.85. The number of aliphatic imine (C=N–C) groups is 1. The third-order valence-corrected chi connectivity index (χ3v) is 2.52. The van der Waals surface area contributed by atoms with Crippen molar-refractivity contribution in [2.24, 2.45) is 4.99 Å². The molecule has 0 saturated carbocycles. The van der Waals surface area contributed by atoms with Crippen molar-refractivity contribution in [3.63, 3.8) is 0 Å². The molecule has 0 heterocycles. The summed E-state index contributed by atoms with van der Waals surface area (Å²) in [5.74, 6) is 1.80. The van der Waals surface area contributed by atoms with E-state index in [1.54, 1.807) is 7.05 Å². The first-order chi connectivity index (χ1) is 9.22. The monoisotopic (exact) mass is 391 g/mol. The lowest BCUT2D eigenvalue weighted by atomic mass is 10.3. The Balaban J connectivity index is 0.00000361.